The van der Waals surface area contributed by atoms with E-state index < -0.39 is 11.2 Å². The van der Waals surface area contributed by atoms with E-state index in [0.29, 0.717) is 13.0 Å². The summed E-state index contributed by atoms with van der Waals surface area (Å²) in [6, 6.07) is -0.00838. The number of carbonyl (C=O) groups excluding carboxylic acids is 1. The molecule has 19 heavy (non-hydrogen) atoms. The van der Waals surface area contributed by atoms with Crippen LogP contribution in [0, 0.1) is 0 Å². The monoisotopic (exact) mass is 294 g/mol. The molecule has 2 atom stereocenters. The fourth-order valence-electron chi connectivity index (χ4n) is 1.10. The van der Waals surface area contributed by atoms with Gasteiger partial charge in [-0.3, -0.25) is 9.59 Å². The van der Waals surface area contributed by atoms with Crippen LogP contribution in [-0.2, 0) is 9.59 Å². The standard InChI is InChI=1S/C9H18N2O3S.2C2H6/c1-6(3-4-10)11-9(14)7(15-2)5-8(12)13;2*1-2/h6-7H,3-5,10H2,1-2H3,(H,11,14)(H,12,13);2*1-2H3. The molecule has 0 saturated heterocycles. The first-order valence-corrected chi connectivity index (χ1v) is 8.05. The summed E-state index contributed by atoms with van der Waals surface area (Å²) in [6.45, 7) is 10.4. The van der Waals surface area contributed by atoms with E-state index in [0.717, 1.165) is 0 Å². The Morgan fingerprint density at radius 3 is 2.05 bits per heavy atom. The summed E-state index contributed by atoms with van der Waals surface area (Å²) in [4.78, 5) is 22.0. The van der Waals surface area contributed by atoms with Crippen molar-refractivity contribution in [3.8, 4) is 0 Å². The number of aliphatic carboxylic acids is 1. The quantitative estimate of drug-likeness (QED) is 0.668. The second-order valence-electron chi connectivity index (χ2n) is 3.31. The van der Waals surface area contributed by atoms with Crippen LogP contribution in [0.2, 0.25) is 0 Å². The lowest BCUT2D eigenvalue weighted by molar-refractivity contribution is -0.138. The van der Waals surface area contributed by atoms with Crippen molar-refractivity contribution < 1.29 is 14.7 Å². The number of carboxylic acids is 1. The van der Waals surface area contributed by atoms with Crippen molar-refractivity contribution in [3.63, 3.8) is 0 Å². The number of nitrogens with one attached hydrogen (secondary N) is 1. The minimum atomic E-state index is -0.962. The molecule has 0 aliphatic carbocycles. The third kappa shape index (κ3) is 15.2. The Morgan fingerprint density at radius 2 is 1.74 bits per heavy atom. The third-order valence-electron chi connectivity index (χ3n) is 1.93. The molecular formula is C13H30N2O3S. The van der Waals surface area contributed by atoms with Crippen LogP contribution in [-0.4, -0.2) is 41.1 Å². The molecule has 1 amide bonds. The molecular weight excluding hydrogens is 264 g/mol. The maximum Gasteiger partial charge on any atom is 0.305 e. The van der Waals surface area contributed by atoms with E-state index in [2.05, 4.69) is 5.32 Å². The summed E-state index contributed by atoms with van der Waals surface area (Å²) >= 11 is 1.24. The van der Waals surface area contributed by atoms with E-state index in [1.807, 2.05) is 34.6 Å². The van der Waals surface area contributed by atoms with E-state index in [9.17, 15) is 9.59 Å². The molecule has 0 rings (SSSR count). The lowest BCUT2D eigenvalue weighted by Crippen LogP contribution is -2.40. The number of nitrogens with two attached hydrogens (primary N) is 1. The van der Waals surface area contributed by atoms with E-state index in [-0.39, 0.29) is 18.4 Å². The Bertz CT molecular complexity index is 226. The Balaban J connectivity index is -0.000000579. The zero-order chi connectivity index (χ0) is 15.8. The molecule has 0 saturated carbocycles. The number of hydrogen-bond acceptors (Lipinski definition) is 4. The normalized spacial score (nSPS) is 11.9. The van der Waals surface area contributed by atoms with Gasteiger partial charge in [-0.15, -0.1) is 0 Å². The van der Waals surface area contributed by atoms with Gasteiger partial charge in [-0.2, -0.15) is 11.8 Å². The zero-order valence-corrected chi connectivity index (χ0v) is 13.8. The highest BCUT2D eigenvalue weighted by Gasteiger charge is 2.21. The first kappa shape index (κ1) is 23.4. The number of amides is 1. The average molecular weight is 294 g/mol. The van der Waals surface area contributed by atoms with Gasteiger partial charge in [0.25, 0.3) is 0 Å². The van der Waals surface area contributed by atoms with Crippen LogP contribution in [0.25, 0.3) is 0 Å². The van der Waals surface area contributed by atoms with Crippen molar-refractivity contribution in [1.29, 1.82) is 0 Å². The molecule has 0 aliphatic heterocycles. The predicted molar refractivity (Wildman–Crippen MR) is 83.5 cm³/mol. The number of carbonyl (C=O) groups is 2. The third-order valence-corrected chi connectivity index (χ3v) is 2.88. The highest BCUT2D eigenvalue weighted by atomic mass is 32.2. The molecule has 0 fully saturated rings. The van der Waals surface area contributed by atoms with Gasteiger partial charge in [-0.05, 0) is 26.1 Å². The van der Waals surface area contributed by atoms with Crippen molar-refractivity contribution in [2.45, 2.75) is 58.8 Å². The summed E-state index contributed by atoms with van der Waals surface area (Å²) in [5.41, 5.74) is 5.34. The Labute approximate surface area is 121 Å². The van der Waals surface area contributed by atoms with Gasteiger partial charge in [0.1, 0.15) is 0 Å². The van der Waals surface area contributed by atoms with Gasteiger partial charge in [0, 0.05) is 6.04 Å². The first-order valence-electron chi connectivity index (χ1n) is 6.76. The maximum absolute atomic E-state index is 11.6. The predicted octanol–water partition coefficient (Wildman–Crippen LogP) is 2.10. The van der Waals surface area contributed by atoms with E-state index >= 15 is 0 Å². The van der Waals surface area contributed by atoms with Gasteiger partial charge < -0.3 is 16.2 Å². The molecule has 5 nitrogen and oxygen atoms in total. The first-order chi connectivity index (χ1) is 9.01. The summed E-state index contributed by atoms with van der Waals surface area (Å²) in [7, 11) is 0. The van der Waals surface area contributed by atoms with Crippen LogP contribution >= 0.6 is 11.8 Å². The second kappa shape index (κ2) is 17.2. The molecule has 4 N–H and O–H groups in total. The highest BCUT2D eigenvalue weighted by molar-refractivity contribution is 7.99. The number of hydrogen-bond donors (Lipinski definition) is 3. The van der Waals surface area contributed by atoms with Crippen LogP contribution in [0.5, 0.6) is 0 Å². The summed E-state index contributed by atoms with van der Waals surface area (Å²) < 4.78 is 0. The van der Waals surface area contributed by atoms with Gasteiger partial charge in [0.15, 0.2) is 0 Å². The van der Waals surface area contributed by atoms with Crippen molar-refractivity contribution in [1.82, 2.24) is 5.32 Å². The van der Waals surface area contributed by atoms with Crippen LogP contribution in [0.4, 0.5) is 0 Å². The maximum atomic E-state index is 11.6. The smallest absolute Gasteiger partial charge is 0.305 e. The zero-order valence-electron chi connectivity index (χ0n) is 13.0. The Morgan fingerprint density at radius 1 is 1.26 bits per heavy atom. The van der Waals surface area contributed by atoms with Gasteiger partial charge >= 0.3 is 5.97 Å². The van der Waals surface area contributed by atoms with Crippen LogP contribution < -0.4 is 11.1 Å². The number of thioether (sulfide) groups is 1. The highest BCUT2D eigenvalue weighted by Crippen LogP contribution is 2.11. The van der Waals surface area contributed by atoms with Crippen LogP contribution in [0.15, 0.2) is 0 Å². The SMILES string of the molecule is CC.CC.CSC(CC(=O)O)C(=O)NC(C)CCN. The van der Waals surface area contributed by atoms with Crippen LogP contribution in [0.1, 0.15) is 47.5 Å². The second-order valence-corrected chi connectivity index (χ2v) is 4.35. The topological polar surface area (TPSA) is 92.4 Å². The molecule has 0 spiro atoms. The summed E-state index contributed by atoms with van der Waals surface area (Å²) in [6.07, 6.45) is 2.27. The average Bonchev–Trinajstić information content (AvgIpc) is 2.40. The van der Waals surface area contributed by atoms with E-state index in [1.54, 1.807) is 6.26 Å². The Hall–Kier alpha value is -0.750. The molecule has 0 aromatic rings. The minimum Gasteiger partial charge on any atom is -0.481 e. The fourth-order valence-corrected chi connectivity index (χ4v) is 1.69. The molecule has 116 valence electrons. The van der Waals surface area contributed by atoms with Crippen molar-refractivity contribution >= 4 is 23.6 Å². The van der Waals surface area contributed by atoms with E-state index in [1.165, 1.54) is 11.8 Å². The van der Waals surface area contributed by atoms with Crippen molar-refractivity contribution in [2.24, 2.45) is 5.73 Å². The molecule has 0 aliphatic rings. The van der Waals surface area contributed by atoms with Gasteiger partial charge in [-0.25, -0.2) is 0 Å². The van der Waals surface area contributed by atoms with Gasteiger partial charge in [0.2, 0.25) is 5.91 Å². The molecule has 0 heterocycles. The summed E-state index contributed by atoms with van der Waals surface area (Å²) in [5, 5.41) is 10.8. The van der Waals surface area contributed by atoms with Crippen LogP contribution in [0.3, 0.4) is 0 Å². The number of rotatable bonds is 7. The lowest BCUT2D eigenvalue weighted by Gasteiger charge is -2.17. The molecule has 2 unspecified atom stereocenters. The number of carboxylic acid groups (broad SMARTS) is 1. The molecule has 0 aromatic heterocycles. The molecule has 0 bridgehead atoms. The van der Waals surface area contributed by atoms with Gasteiger partial charge in [-0.1, -0.05) is 27.7 Å². The molecule has 6 heteroatoms. The molecule has 0 aromatic carbocycles. The molecule has 0 radical (unpaired) electrons. The van der Waals surface area contributed by atoms with Crippen molar-refractivity contribution in [3.05, 3.63) is 0 Å². The van der Waals surface area contributed by atoms with E-state index in [4.69, 9.17) is 10.8 Å². The van der Waals surface area contributed by atoms with Gasteiger partial charge in [0.05, 0.1) is 11.7 Å². The lowest BCUT2D eigenvalue weighted by atomic mass is 10.2. The minimum absolute atomic E-state index is 0.00838. The fraction of sp³-hybridized carbons (Fsp3) is 0.846. The summed E-state index contributed by atoms with van der Waals surface area (Å²) in [5.74, 6) is -1.19. The van der Waals surface area contributed by atoms with Crippen molar-refractivity contribution in [2.75, 3.05) is 12.8 Å². The Kier molecular flexibility index (Phi) is 21.2. The largest absolute Gasteiger partial charge is 0.481 e.